The Hall–Kier alpha value is -2.30. The number of nitrogens with one attached hydrogen (secondary N) is 1. The molecular formula is C16H22N2O3. The Bertz CT molecular complexity index is 524. The zero-order valence-electron chi connectivity index (χ0n) is 12.7. The number of amides is 1. The van der Waals surface area contributed by atoms with Crippen LogP contribution in [0.25, 0.3) is 0 Å². The van der Waals surface area contributed by atoms with Crippen LogP contribution in [0.5, 0.6) is 0 Å². The molecule has 0 spiro atoms. The molecule has 5 heteroatoms. The first-order chi connectivity index (χ1) is 9.93. The molecule has 1 aromatic rings. The lowest BCUT2D eigenvalue weighted by atomic mass is 10.1. The van der Waals surface area contributed by atoms with Crippen LogP contribution in [0.15, 0.2) is 41.5 Å². The number of aliphatic carboxylic acids is 1. The minimum Gasteiger partial charge on any atom is -0.478 e. The maximum Gasteiger partial charge on any atom is 0.331 e. The normalized spacial score (nSPS) is 11.6. The van der Waals surface area contributed by atoms with E-state index < -0.39 is 5.97 Å². The highest BCUT2D eigenvalue weighted by Gasteiger charge is 2.11. The third-order valence-corrected chi connectivity index (χ3v) is 3.38. The van der Waals surface area contributed by atoms with Gasteiger partial charge in [-0.15, -0.1) is 0 Å². The van der Waals surface area contributed by atoms with Crippen molar-refractivity contribution in [3.8, 4) is 0 Å². The topological polar surface area (TPSA) is 69.6 Å². The Balaban J connectivity index is 2.36. The summed E-state index contributed by atoms with van der Waals surface area (Å²) in [7, 11) is 2.00. The van der Waals surface area contributed by atoms with Crippen molar-refractivity contribution >= 4 is 17.6 Å². The molecule has 0 radical (unpaired) electrons. The molecule has 0 bridgehead atoms. The lowest BCUT2D eigenvalue weighted by molar-refractivity contribution is -0.133. The van der Waals surface area contributed by atoms with Crippen LogP contribution in [0.4, 0.5) is 5.69 Å². The number of carbonyl (C=O) groups excluding carboxylic acids is 1. The molecule has 2 N–H and O–H groups in total. The number of hydrogen-bond acceptors (Lipinski definition) is 3. The molecule has 0 unspecified atom stereocenters. The Labute approximate surface area is 125 Å². The van der Waals surface area contributed by atoms with E-state index in [0.717, 1.165) is 18.7 Å². The van der Waals surface area contributed by atoms with Gasteiger partial charge in [0, 0.05) is 37.0 Å². The molecule has 0 heterocycles. The van der Waals surface area contributed by atoms with Gasteiger partial charge in [0.25, 0.3) is 0 Å². The second-order valence-electron chi connectivity index (χ2n) is 4.92. The van der Waals surface area contributed by atoms with Crippen LogP contribution in [0.3, 0.4) is 0 Å². The van der Waals surface area contributed by atoms with Crippen molar-refractivity contribution < 1.29 is 14.7 Å². The van der Waals surface area contributed by atoms with Gasteiger partial charge in [0.05, 0.1) is 0 Å². The summed E-state index contributed by atoms with van der Waals surface area (Å²) >= 11 is 0. The summed E-state index contributed by atoms with van der Waals surface area (Å²) in [5.41, 5.74) is 1.45. The Morgan fingerprint density at radius 1 is 1.14 bits per heavy atom. The molecule has 114 valence electrons. The van der Waals surface area contributed by atoms with Crippen molar-refractivity contribution in [2.75, 3.05) is 25.0 Å². The van der Waals surface area contributed by atoms with Crippen molar-refractivity contribution in [2.24, 2.45) is 0 Å². The largest absolute Gasteiger partial charge is 0.478 e. The van der Waals surface area contributed by atoms with Gasteiger partial charge in [-0.1, -0.05) is 18.2 Å². The van der Waals surface area contributed by atoms with E-state index >= 15 is 0 Å². The van der Waals surface area contributed by atoms with Crippen molar-refractivity contribution in [1.29, 1.82) is 0 Å². The van der Waals surface area contributed by atoms with E-state index in [0.29, 0.717) is 6.54 Å². The Morgan fingerprint density at radius 3 is 2.33 bits per heavy atom. The van der Waals surface area contributed by atoms with Gasteiger partial charge < -0.3 is 15.3 Å². The molecular weight excluding hydrogens is 268 g/mol. The van der Waals surface area contributed by atoms with E-state index in [1.807, 2.05) is 37.4 Å². The highest BCUT2D eigenvalue weighted by molar-refractivity contribution is 6.01. The second kappa shape index (κ2) is 8.09. The van der Waals surface area contributed by atoms with E-state index in [1.165, 1.54) is 13.8 Å². The summed E-state index contributed by atoms with van der Waals surface area (Å²) in [4.78, 5) is 24.6. The summed E-state index contributed by atoms with van der Waals surface area (Å²) in [5, 5.41) is 11.6. The average Bonchev–Trinajstić information content (AvgIpc) is 2.50. The summed E-state index contributed by atoms with van der Waals surface area (Å²) in [6.07, 6.45) is 0.788. The predicted molar refractivity (Wildman–Crippen MR) is 83.3 cm³/mol. The van der Waals surface area contributed by atoms with E-state index in [1.54, 1.807) is 0 Å². The van der Waals surface area contributed by atoms with E-state index in [9.17, 15) is 9.59 Å². The van der Waals surface area contributed by atoms with Crippen LogP contribution >= 0.6 is 0 Å². The number of hydrogen-bond donors (Lipinski definition) is 2. The quantitative estimate of drug-likeness (QED) is 0.595. The SMILES string of the molecule is CC(C(=O)O)=C(C)C(=O)NCCCN(C)c1ccccc1. The highest BCUT2D eigenvalue weighted by Crippen LogP contribution is 2.10. The van der Waals surface area contributed by atoms with Gasteiger partial charge in [-0.3, -0.25) is 4.79 Å². The monoisotopic (exact) mass is 290 g/mol. The fraction of sp³-hybridized carbons (Fsp3) is 0.375. The van der Waals surface area contributed by atoms with Crippen LogP contribution in [-0.2, 0) is 9.59 Å². The van der Waals surface area contributed by atoms with E-state index in [-0.39, 0.29) is 17.1 Å². The molecule has 0 aromatic heterocycles. The molecule has 0 saturated heterocycles. The maximum absolute atomic E-state index is 11.8. The first-order valence-electron chi connectivity index (χ1n) is 6.88. The lowest BCUT2D eigenvalue weighted by Crippen LogP contribution is -2.29. The number of carbonyl (C=O) groups is 2. The first kappa shape index (κ1) is 16.8. The van der Waals surface area contributed by atoms with Gasteiger partial charge in [0.2, 0.25) is 5.91 Å². The van der Waals surface area contributed by atoms with Crippen LogP contribution in [0.1, 0.15) is 20.3 Å². The van der Waals surface area contributed by atoms with Crippen molar-refractivity contribution in [2.45, 2.75) is 20.3 Å². The van der Waals surface area contributed by atoms with Crippen LogP contribution in [-0.4, -0.2) is 37.1 Å². The number of carboxylic acid groups (broad SMARTS) is 1. The first-order valence-corrected chi connectivity index (χ1v) is 6.88. The van der Waals surface area contributed by atoms with Crippen LogP contribution in [0.2, 0.25) is 0 Å². The molecule has 21 heavy (non-hydrogen) atoms. The molecule has 1 rings (SSSR count). The summed E-state index contributed by atoms with van der Waals surface area (Å²) < 4.78 is 0. The average molecular weight is 290 g/mol. The van der Waals surface area contributed by atoms with Crippen LogP contribution in [0, 0.1) is 0 Å². The number of anilines is 1. The van der Waals surface area contributed by atoms with Crippen molar-refractivity contribution in [3.05, 3.63) is 41.5 Å². The third-order valence-electron chi connectivity index (χ3n) is 3.38. The van der Waals surface area contributed by atoms with Crippen LogP contribution < -0.4 is 10.2 Å². The lowest BCUT2D eigenvalue weighted by Gasteiger charge is -2.19. The van der Waals surface area contributed by atoms with E-state index in [2.05, 4.69) is 10.2 Å². The standard InChI is InChI=1S/C16H22N2O3/c1-12(13(2)16(20)21)15(19)17-10-7-11-18(3)14-8-5-4-6-9-14/h4-6,8-9H,7,10-11H2,1-3H3,(H,17,19)(H,20,21). The van der Waals surface area contributed by atoms with Gasteiger partial charge in [0.15, 0.2) is 0 Å². The van der Waals surface area contributed by atoms with Gasteiger partial charge in [0.1, 0.15) is 0 Å². The molecule has 1 aromatic carbocycles. The molecule has 0 aliphatic rings. The fourth-order valence-corrected chi connectivity index (χ4v) is 1.79. The summed E-state index contributed by atoms with van der Waals surface area (Å²) in [5.74, 6) is -1.39. The number of nitrogens with zero attached hydrogens (tertiary/aromatic N) is 1. The van der Waals surface area contributed by atoms with Gasteiger partial charge in [-0.25, -0.2) is 4.79 Å². The minimum atomic E-state index is -1.06. The highest BCUT2D eigenvalue weighted by atomic mass is 16.4. The number of rotatable bonds is 7. The molecule has 5 nitrogen and oxygen atoms in total. The minimum absolute atomic E-state index is 0.0777. The molecule has 0 aliphatic carbocycles. The second-order valence-corrected chi connectivity index (χ2v) is 4.92. The Kier molecular flexibility index (Phi) is 6.46. The summed E-state index contributed by atoms with van der Waals surface area (Å²) in [6.45, 7) is 4.28. The molecule has 0 atom stereocenters. The fourth-order valence-electron chi connectivity index (χ4n) is 1.79. The van der Waals surface area contributed by atoms with Crippen molar-refractivity contribution in [3.63, 3.8) is 0 Å². The predicted octanol–water partition coefficient (Wildman–Crippen LogP) is 2.05. The van der Waals surface area contributed by atoms with Gasteiger partial charge in [-0.2, -0.15) is 0 Å². The molecule has 0 saturated carbocycles. The smallest absolute Gasteiger partial charge is 0.331 e. The Morgan fingerprint density at radius 2 is 1.76 bits per heavy atom. The zero-order chi connectivity index (χ0) is 15.8. The van der Waals surface area contributed by atoms with Gasteiger partial charge in [-0.05, 0) is 32.4 Å². The molecule has 1 amide bonds. The molecule has 0 aliphatic heterocycles. The molecule has 0 fully saturated rings. The number of carboxylic acids is 1. The zero-order valence-corrected chi connectivity index (χ0v) is 12.7. The van der Waals surface area contributed by atoms with Gasteiger partial charge >= 0.3 is 5.97 Å². The number of para-hydroxylation sites is 1. The summed E-state index contributed by atoms with van der Waals surface area (Å²) in [6, 6.07) is 9.99. The third kappa shape index (κ3) is 5.30. The van der Waals surface area contributed by atoms with Crippen molar-refractivity contribution in [1.82, 2.24) is 5.32 Å². The van der Waals surface area contributed by atoms with E-state index in [4.69, 9.17) is 5.11 Å². The maximum atomic E-state index is 11.8. The number of benzene rings is 1.